The summed E-state index contributed by atoms with van der Waals surface area (Å²) in [6, 6.07) is 5.91. The van der Waals surface area contributed by atoms with E-state index in [0.29, 0.717) is 5.69 Å². The number of piperidine rings is 1. The summed E-state index contributed by atoms with van der Waals surface area (Å²) in [4.78, 5) is 19.1. The summed E-state index contributed by atoms with van der Waals surface area (Å²) in [7, 11) is 0. The van der Waals surface area contributed by atoms with Gasteiger partial charge >= 0.3 is 0 Å². The van der Waals surface area contributed by atoms with Gasteiger partial charge in [0.25, 0.3) is 5.91 Å². The molecule has 3 rings (SSSR count). The molecular formula is C15H19N3O. The predicted octanol–water partition coefficient (Wildman–Crippen LogP) is 2.52. The third-order valence-electron chi connectivity index (χ3n) is 3.78. The van der Waals surface area contributed by atoms with Crippen molar-refractivity contribution in [3.8, 4) is 0 Å². The fourth-order valence-corrected chi connectivity index (χ4v) is 2.75. The van der Waals surface area contributed by atoms with Gasteiger partial charge in [-0.25, -0.2) is 4.98 Å². The molecule has 0 N–H and O–H groups in total. The van der Waals surface area contributed by atoms with Crippen molar-refractivity contribution in [1.29, 1.82) is 0 Å². The maximum absolute atomic E-state index is 12.6. The van der Waals surface area contributed by atoms with E-state index in [9.17, 15) is 4.79 Å². The lowest BCUT2D eigenvalue weighted by molar-refractivity contribution is 0.0721. The number of hydrogen-bond acceptors (Lipinski definition) is 2. The molecule has 0 saturated carbocycles. The number of rotatable bonds is 2. The largest absolute Gasteiger partial charge is 0.337 e. The van der Waals surface area contributed by atoms with E-state index in [4.69, 9.17) is 0 Å². The Morgan fingerprint density at radius 3 is 2.79 bits per heavy atom. The van der Waals surface area contributed by atoms with Gasteiger partial charge in [0.05, 0.1) is 5.52 Å². The number of hydrogen-bond donors (Lipinski definition) is 0. The molecule has 1 saturated heterocycles. The molecular weight excluding hydrogens is 238 g/mol. The van der Waals surface area contributed by atoms with E-state index in [2.05, 4.69) is 11.9 Å². The number of nitrogens with zero attached hydrogens (tertiary/aromatic N) is 3. The number of carbonyl (C=O) groups is 1. The van der Waals surface area contributed by atoms with Gasteiger partial charge in [0, 0.05) is 25.7 Å². The first kappa shape index (κ1) is 12.2. The average molecular weight is 257 g/mol. The van der Waals surface area contributed by atoms with Crippen LogP contribution >= 0.6 is 0 Å². The zero-order chi connectivity index (χ0) is 13.2. The minimum absolute atomic E-state index is 0.0862. The second kappa shape index (κ2) is 5.03. The number of imidazole rings is 1. The van der Waals surface area contributed by atoms with E-state index in [0.717, 1.165) is 43.7 Å². The van der Waals surface area contributed by atoms with Crippen LogP contribution in [-0.2, 0) is 6.42 Å². The van der Waals surface area contributed by atoms with Crippen LogP contribution in [-0.4, -0.2) is 33.3 Å². The maximum atomic E-state index is 12.6. The van der Waals surface area contributed by atoms with Gasteiger partial charge in [-0.15, -0.1) is 0 Å². The highest BCUT2D eigenvalue weighted by Gasteiger charge is 2.23. The van der Waals surface area contributed by atoms with Crippen molar-refractivity contribution in [3.05, 3.63) is 35.9 Å². The molecule has 0 aliphatic carbocycles. The molecule has 19 heavy (non-hydrogen) atoms. The number of carbonyl (C=O) groups excluding carboxylic acids is 1. The lowest BCUT2D eigenvalue weighted by Crippen LogP contribution is -2.35. The summed E-state index contributed by atoms with van der Waals surface area (Å²) in [6.07, 6.45) is 6.26. The Hall–Kier alpha value is -1.84. The molecule has 4 heteroatoms. The number of pyridine rings is 1. The van der Waals surface area contributed by atoms with E-state index >= 15 is 0 Å². The normalized spacial score (nSPS) is 15.9. The van der Waals surface area contributed by atoms with Crippen molar-refractivity contribution in [2.45, 2.75) is 32.6 Å². The second-order valence-electron chi connectivity index (χ2n) is 5.04. The molecule has 1 amide bonds. The van der Waals surface area contributed by atoms with Gasteiger partial charge in [0.2, 0.25) is 0 Å². The Bertz CT molecular complexity index is 596. The first-order valence-electron chi connectivity index (χ1n) is 7.06. The van der Waals surface area contributed by atoms with Crippen LogP contribution in [0.15, 0.2) is 24.4 Å². The smallest absolute Gasteiger partial charge is 0.274 e. The van der Waals surface area contributed by atoms with Gasteiger partial charge in [-0.1, -0.05) is 13.0 Å². The Balaban J connectivity index is 2.02. The molecule has 0 bridgehead atoms. The third-order valence-corrected chi connectivity index (χ3v) is 3.78. The Labute approximate surface area is 113 Å². The van der Waals surface area contributed by atoms with E-state index in [1.165, 1.54) is 6.42 Å². The predicted molar refractivity (Wildman–Crippen MR) is 74.3 cm³/mol. The lowest BCUT2D eigenvalue weighted by Gasteiger charge is -2.25. The summed E-state index contributed by atoms with van der Waals surface area (Å²) in [6.45, 7) is 3.80. The molecule has 1 aliphatic rings. The third kappa shape index (κ3) is 2.11. The fraction of sp³-hybridized carbons (Fsp3) is 0.467. The van der Waals surface area contributed by atoms with Gasteiger partial charge in [-0.05, 0) is 31.4 Å². The van der Waals surface area contributed by atoms with E-state index in [1.54, 1.807) is 0 Å². The highest BCUT2D eigenvalue weighted by Crippen LogP contribution is 2.18. The zero-order valence-electron chi connectivity index (χ0n) is 11.3. The minimum atomic E-state index is 0.0862. The van der Waals surface area contributed by atoms with Crippen LogP contribution in [0.5, 0.6) is 0 Å². The topological polar surface area (TPSA) is 37.6 Å². The number of amides is 1. The van der Waals surface area contributed by atoms with Crippen LogP contribution in [0.4, 0.5) is 0 Å². The van der Waals surface area contributed by atoms with Crippen LogP contribution in [0, 0.1) is 0 Å². The number of aromatic nitrogens is 2. The average Bonchev–Trinajstić information content (AvgIpc) is 2.86. The molecule has 0 spiro atoms. The number of aryl methyl sites for hydroxylation is 1. The molecule has 0 unspecified atom stereocenters. The summed E-state index contributed by atoms with van der Waals surface area (Å²) in [5.74, 6) is 1.04. The highest BCUT2D eigenvalue weighted by molar-refractivity contribution is 5.99. The van der Waals surface area contributed by atoms with Gasteiger partial charge in [-0.2, -0.15) is 0 Å². The van der Waals surface area contributed by atoms with Crippen LogP contribution in [0.25, 0.3) is 5.52 Å². The van der Waals surface area contributed by atoms with Crippen molar-refractivity contribution in [3.63, 3.8) is 0 Å². The molecule has 3 heterocycles. The number of likely N-dealkylation sites (tertiary alicyclic amines) is 1. The van der Waals surface area contributed by atoms with Gasteiger partial charge in [-0.3, -0.25) is 4.79 Å². The molecule has 100 valence electrons. The standard InChI is InChI=1S/C15H19N3O/c1-2-13-16-14(12-8-4-7-11-18(12)13)15(19)17-9-5-3-6-10-17/h4,7-8,11H,2-3,5-6,9-10H2,1H3. The van der Waals surface area contributed by atoms with Gasteiger partial charge < -0.3 is 9.30 Å². The van der Waals surface area contributed by atoms with Gasteiger partial charge in [0.1, 0.15) is 5.82 Å². The van der Waals surface area contributed by atoms with Crippen LogP contribution in [0.3, 0.4) is 0 Å². The van der Waals surface area contributed by atoms with Crippen LogP contribution < -0.4 is 0 Å². The zero-order valence-corrected chi connectivity index (χ0v) is 11.3. The summed E-state index contributed by atoms with van der Waals surface area (Å²) < 4.78 is 2.02. The van der Waals surface area contributed by atoms with E-state index < -0.39 is 0 Å². The van der Waals surface area contributed by atoms with Crippen molar-refractivity contribution in [1.82, 2.24) is 14.3 Å². The lowest BCUT2D eigenvalue weighted by atomic mass is 10.1. The maximum Gasteiger partial charge on any atom is 0.274 e. The van der Waals surface area contributed by atoms with Crippen molar-refractivity contribution in [2.24, 2.45) is 0 Å². The monoisotopic (exact) mass is 257 g/mol. The summed E-state index contributed by atoms with van der Waals surface area (Å²) in [5, 5.41) is 0. The molecule has 4 nitrogen and oxygen atoms in total. The van der Waals surface area contributed by atoms with Gasteiger partial charge in [0.15, 0.2) is 5.69 Å². The van der Waals surface area contributed by atoms with E-state index in [1.807, 2.05) is 33.7 Å². The molecule has 0 radical (unpaired) electrons. The Morgan fingerprint density at radius 2 is 2.05 bits per heavy atom. The Kier molecular flexibility index (Phi) is 3.23. The summed E-state index contributed by atoms with van der Waals surface area (Å²) >= 11 is 0. The molecule has 0 atom stereocenters. The SMILES string of the molecule is CCc1nc(C(=O)N2CCCCC2)c2ccccn12. The molecule has 2 aromatic rings. The van der Waals surface area contributed by atoms with E-state index in [-0.39, 0.29) is 5.91 Å². The molecule has 0 aromatic carbocycles. The Morgan fingerprint density at radius 1 is 1.26 bits per heavy atom. The molecule has 1 fully saturated rings. The fourth-order valence-electron chi connectivity index (χ4n) is 2.75. The molecule has 1 aliphatic heterocycles. The summed E-state index contributed by atoms with van der Waals surface area (Å²) in [5.41, 5.74) is 1.54. The molecule has 2 aromatic heterocycles. The van der Waals surface area contributed by atoms with Crippen LogP contribution in [0.2, 0.25) is 0 Å². The minimum Gasteiger partial charge on any atom is -0.337 e. The highest BCUT2D eigenvalue weighted by atomic mass is 16.2. The van der Waals surface area contributed by atoms with Crippen molar-refractivity contribution >= 4 is 11.4 Å². The quantitative estimate of drug-likeness (QED) is 0.829. The first-order chi connectivity index (χ1) is 9.31. The number of fused-ring (bicyclic) bond motifs is 1. The van der Waals surface area contributed by atoms with Crippen molar-refractivity contribution < 1.29 is 4.79 Å². The van der Waals surface area contributed by atoms with Crippen LogP contribution in [0.1, 0.15) is 42.5 Å². The first-order valence-corrected chi connectivity index (χ1v) is 7.06. The van der Waals surface area contributed by atoms with Crippen molar-refractivity contribution in [2.75, 3.05) is 13.1 Å². The second-order valence-corrected chi connectivity index (χ2v) is 5.04.